The summed E-state index contributed by atoms with van der Waals surface area (Å²) in [5.41, 5.74) is 1.24. The third-order valence-electron chi connectivity index (χ3n) is 2.03. The van der Waals surface area contributed by atoms with Gasteiger partial charge >= 0.3 is 0 Å². The number of non-ortho nitro benzene ring substituents is 1. The zero-order valence-electron chi connectivity index (χ0n) is 8.54. The van der Waals surface area contributed by atoms with E-state index in [0.29, 0.717) is 11.3 Å². The molecule has 1 N–H and O–H groups in total. The van der Waals surface area contributed by atoms with Crippen molar-refractivity contribution in [3.63, 3.8) is 0 Å². The highest BCUT2D eigenvalue weighted by atomic mass is 16.6. The van der Waals surface area contributed by atoms with E-state index in [1.807, 2.05) is 13.8 Å². The SMILES string of the molecule is CC(C)C(=NO)c1ccc([N+](=O)[O-])cc1. The largest absolute Gasteiger partial charge is 0.411 e. The van der Waals surface area contributed by atoms with E-state index in [9.17, 15) is 10.1 Å². The smallest absolute Gasteiger partial charge is 0.269 e. The van der Waals surface area contributed by atoms with E-state index in [-0.39, 0.29) is 11.6 Å². The fourth-order valence-electron chi connectivity index (χ4n) is 1.26. The molecule has 0 bridgehead atoms. The third kappa shape index (κ3) is 2.52. The fourth-order valence-corrected chi connectivity index (χ4v) is 1.26. The van der Waals surface area contributed by atoms with E-state index in [1.165, 1.54) is 12.1 Å². The zero-order valence-corrected chi connectivity index (χ0v) is 8.54. The average molecular weight is 208 g/mol. The second kappa shape index (κ2) is 4.54. The van der Waals surface area contributed by atoms with Gasteiger partial charge in [-0.25, -0.2) is 0 Å². The highest BCUT2D eigenvalue weighted by molar-refractivity contribution is 6.01. The minimum atomic E-state index is -0.463. The highest BCUT2D eigenvalue weighted by Crippen LogP contribution is 2.15. The van der Waals surface area contributed by atoms with Crippen LogP contribution in [-0.4, -0.2) is 15.8 Å². The molecule has 0 aliphatic heterocycles. The molecule has 0 saturated heterocycles. The quantitative estimate of drug-likeness (QED) is 0.358. The number of nitro groups is 1. The Balaban J connectivity index is 3.03. The number of hydrogen-bond donors (Lipinski definition) is 1. The molecule has 0 aliphatic carbocycles. The van der Waals surface area contributed by atoms with E-state index in [0.717, 1.165) is 0 Å². The molecule has 0 heterocycles. The maximum Gasteiger partial charge on any atom is 0.269 e. The summed E-state index contributed by atoms with van der Waals surface area (Å²) in [5.74, 6) is 0.0662. The molecule has 0 spiro atoms. The van der Waals surface area contributed by atoms with Crippen molar-refractivity contribution < 1.29 is 10.1 Å². The van der Waals surface area contributed by atoms with Gasteiger partial charge < -0.3 is 5.21 Å². The number of nitro benzene ring substituents is 1. The van der Waals surface area contributed by atoms with Crippen LogP contribution in [0.4, 0.5) is 5.69 Å². The first-order valence-electron chi connectivity index (χ1n) is 4.53. The van der Waals surface area contributed by atoms with Crippen LogP contribution < -0.4 is 0 Å². The Bertz CT molecular complexity index is 382. The van der Waals surface area contributed by atoms with Crippen LogP contribution in [-0.2, 0) is 0 Å². The van der Waals surface area contributed by atoms with Crippen molar-refractivity contribution in [3.8, 4) is 0 Å². The highest BCUT2D eigenvalue weighted by Gasteiger charge is 2.11. The summed E-state index contributed by atoms with van der Waals surface area (Å²) in [6.45, 7) is 3.77. The van der Waals surface area contributed by atoms with Crippen LogP contribution in [0.25, 0.3) is 0 Å². The predicted molar refractivity (Wildman–Crippen MR) is 56.3 cm³/mol. The number of benzene rings is 1. The van der Waals surface area contributed by atoms with Gasteiger partial charge in [-0.15, -0.1) is 0 Å². The molecule has 15 heavy (non-hydrogen) atoms. The van der Waals surface area contributed by atoms with E-state index in [2.05, 4.69) is 5.16 Å². The monoisotopic (exact) mass is 208 g/mol. The Hall–Kier alpha value is -1.91. The van der Waals surface area contributed by atoms with Gasteiger partial charge in [-0.2, -0.15) is 0 Å². The second-order valence-electron chi connectivity index (χ2n) is 3.44. The van der Waals surface area contributed by atoms with Crippen LogP contribution in [0.1, 0.15) is 19.4 Å². The van der Waals surface area contributed by atoms with Crippen LogP contribution in [0, 0.1) is 16.0 Å². The molecular formula is C10H12N2O3. The number of rotatable bonds is 3. The maximum atomic E-state index is 10.4. The first kappa shape index (κ1) is 11.2. The van der Waals surface area contributed by atoms with Crippen molar-refractivity contribution in [1.82, 2.24) is 0 Å². The minimum absolute atomic E-state index is 0.0276. The molecule has 5 heteroatoms. The van der Waals surface area contributed by atoms with Crippen LogP contribution in [0.5, 0.6) is 0 Å². The molecule has 0 amide bonds. The molecular weight excluding hydrogens is 196 g/mol. The lowest BCUT2D eigenvalue weighted by atomic mass is 10.00. The van der Waals surface area contributed by atoms with E-state index in [4.69, 9.17) is 5.21 Å². The van der Waals surface area contributed by atoms with E-state index >= 15 is 0 Å². The molecule has 0 radical (unpaired) electrons. The number of oxime groups is 1. The predicted octanol–water partition coefficient (Wildman–Crippen LogP) is 2.43. The summed E-state index contributed by atoms with van der Waals surface area (Å²) in [7, 11) is 0. The van der Waals surface area contributed by atoms with Crippen LogP contribution in [0.2, 0.25) is 0 Å². The molecule has 1 aromatic rings. The van der Waals surface area contributed by atoms with E-state index < -0.39 is 4.92 Å². The summed E-state index contributed by atoms with van der Waals surface area (Å²) < 4.78 is 0. The first-order chi connectivity index (χ1) is 7.06. The molecule has 80 valence electrons. The molecule has 1 rings (SSSR count). The van der Waals surface area contributed by atoms with Gasteiger partial charge in [-0.3, -0.25) is 10.1 Å². The summed E-state index contributed by atoms with van der Waals surface area (Å²) in [5, 5.41) is 22.4. The fraction of sp³-hybridized carbons (Fsp3) is 0.300. The van der Waals surface area contributed by atoms with Crippen molar-refractivity contribution in [1.29, 1.82) is 0 Å². The average Bonchev–Trinajstić information content (AvgIpc) is 2.19. The lowest BCUT2D eigenvalue weighted by molar-refractivity contribution is -0.384. The van der Waals surface area contributed by atoms with Crippen LogP contribution >= 0.6 is 0 Å². The van der Waals surface area contributed by atoms with Gasteiger partial charge in [0, 0.05) is 17.7 Å². The summed E-state index contributed by atoms with van der Waals surface area (Å²) in [6.07, 6.45) is 0. The number of nitrogens with zero attached hydrogens (tertiary/aromatic N) is 2. The van der Waals surface area contributed by atoms with E-state index in [1.54, 1.807) is 12.1 Å². The summed E-state index contributed by atoms with van der Waals surface area (Å²) in [4.78, 5) is 9.95. The Labute approximate surface area is 87.2 Å². The van der Waals surface area contributed by atoms with Crippen LogP contribution in [0.3, 0.4) is 0 Å². The zero-order chi connectivity index (χ0) is 11.4. The third-order valence-corrected chi connectivity index (χ3v) is 2.03. The van der Waals surface area contributed by atoms with Gasteiger partial charge in [-0.05, 0) is 18.1 Å². The standard InChI is InChI=1S/C10H12N2O3/c1-7(2)10(11-13)8-3-5-9(6-4-8)12(14)15/h3-7,13H,1-2H3. The summed E-state index contributed by atoms with van der Waals surface area (Å²) >= 11 is 0. The summed E-state index contributed by atoms with van der Waals surface area (Å²) in [6, 6.07) is 5.94. The van der Waals surface area contributed by atoms with Gasteiger partial charge in [0.05, 0.1) is 10.6 Å². The minimum Gasteiger partial charge on any atom is -0.411 e. The van der Waals surface area contributed by atoms with Gasteiger partial charge in [0.1, 0.15) is 0 Å². The Morgan fingerprint density at radius 3 is 2.27 bits per heavy atom. The molecule has 0 atom stereocenters. The topological polar surface area (TPSA) is 75.7 Å². The number of hydrogen-bond acceptors (Lipinski definition) is 4. The molecule has 0 aromatic heterocycles. The molecule has 0 aliphatic rings. The lowest BCUT2D eigenvalue weighted by Gasteiger charge is -2.07. The first-order valence-corrected chi connectivity index (χ1v) is 4.53. The lowest BCUT2D eigenvalue weighted by Crippen LogP contribution is -2.09. The van der Waals surface area contributed by atoms with Crippen molar-refractivity contribution in [2.45, 2.75) is 13.8 Å². The van der Waals surface area contributed by atoms with Crippen molar-refractivity contribution >= 4 is 11.4 Å². The van der Waals surface area contributed by atoms with Crippen molar-refractivity contribution in [2.75, 3.05) is 0 Å². The van der Waals surface area contributed by atoms with Crippen LogP contribution in [0.15, 0.2) is 29.4 Å². The molecule has 1 aromatic carbocycles. The molecule has 0 fully saturated rings. The maximum absolute atomic E-state index is 10.4. The molecule has 0 saturated carbocycles. The normalized spacial score (nSPS) is 11.8. The van der Waals surface area contributed by atoms with Gasteiger partial charge in [-0.1, -0.05) is 19.0 Å². The van der Waals surface area contributed by atoms with Gasteiger partial charge in [0.15, 0.2) is 0 Å². The van der Waals surface area contributed by atoms with Gasteiger partial charge in [0.25, 0.3) is 5.69 Å². The Morgan fingerprint density at radius 2 is 1.93 bits per heavy atom. The van der Waals surface area contributed by atoms with Gasteiger partial charge in [0.2, 0.25) is 0 Å². The molecule has 5 nitrogen and oxygen atoms in total. The van der Waals surface area contributed by atoms with Crippen molar-refractivity contribution in [2.24, 2.45) is 11.1 Å². The Morgan fingerprint density at radius 1 is 1.40 bits per heavy atom. The molecule has 0 unspecified atom stereocenters. The second-order valence-corrected chi connectivity index (χ2v) is 3.44. The Kier molecular flexibility index (Phi) is 3.38. The van der Waals surface area contributed by atoms with Crippen molar-refractivity contribution in [3.05, 3.63) is 39.9 Å².